The van der Waals surface area contributed by atoms with Crippen molar-refractivity contribution >= 4 is 17.5 Å². The van der Waals surface area contributed by atoms with Gasteiger partial charge in [0.2, 0.25) is 11.8 Å². The van der Waals surface area contributed by atoms with Crippen molar-refractivity contribution in [2.75, 3.05) is 32.1 Å². The second-order valence-electron chi connectivity index (χ2n) is 5.59. The number of anilines is 1. The fourth-order valence-corrected chi connectivity index (χ4v) is 2.74. The van der Waals surface area contributed by atoms with E-state index in [1.54, 1.807) is 30.2 Å². The Morgan fingerprint density at radius 2 is 2.13 bits per heavy atom. The molecule has 126 valence electrons. The lowest BCUT2D eigenvalue weighted by Crippen LogP contribution is -2.42. The molecule has 1 atom stereocenters. The first-order valence-corrected chi connectivity index (χ1v) is 7.92. The van der Waals surface area contributed by atoms with E-state index in [1.807, 2.05) is 6.92 Å². The Bertz CT molecular complexity index is 574. The molecule has 0 aliphatic carbocycles. The minimum atomic E-state index is -0.176. The lowest BCUT2D eigenvalue weighted by molar-refractivity contribution is -0.132. The molecule has 6 heteroatoms. The van der Waals surface area contributed by atoms with Crippen LogP contribution < -0.4 is 14.8 Å². The van der Waals surface area contributed by atoms with Gasteiger partial charge in [-0.05, 0) is 31.9 Å². The zero-order valence-corrected chi connectivity index (χ0v) is 13.9. The Morgan fingerprint density at radius 1 is 1.35 bits per heavy atom. The van der Waals surface area contributed by atoms with Crippen LogP contribution in [0.3, 0.4) is 0 Å². The molecule has 1 aliphatic heterocycles. The Balaban J connectivity index is 2.03. The predicted octanol–water partition coefficient (Wildman–Crippen LogP) is 2.29. The summed E-state index contributed by atoms with van der Waals surface area (Å²) < 4.78 is 10.7. The van der Waals surface area contributed by atoms with Gasteiger partial charge < -0.3 is 19.7 Å². The Kier molecular flexibility index (Phi) is 5.84. The molecule has 1 N–H and O–H groups in total. The van der Waals surface area contributed by atoms with E-state index in [0.29, 0.717) is 30.3 Å². The van der Waals surface area contributed by atoms with Crippen molar-refractivity contribution in [1.82, 2.24) is 4.90 Å². The van der Waals surface area contributed by atoms with Gasteiger partial charge in [-0.1, -0.05) is 0 Å². The number of hydrogen-bond acceptors (Lipinski definition) is 4. The molecule has 0 aromatic heterocycles. The monoisotopic (exact) mass is 320 g/mol. The minimum Gasteiger partial charge on any atom is -0.493 e. The zero-order chi connectivity index (χ0) is 16.8. The molecule has 0 spiro atoms. The Labute approximate surface area is 136 Å². The molecule has 1 aromatic carbocycles. The minimum absolute atomic E-state index is 0.0187. The zero-order valence-electron chi connectivity index (χ0n) is 13.9. The summed E-state index contributed by atoms with van der Waals surface area (Å²) in [5.41, 5.74) is 0.662. The van der Waals surface area contributed by atoms with E-state index in [9.17, 15) is 9.59 Å². The average molecular weight is 320 g/mol. The average Bonchev–Trinajstić information content (AvgIpc) is 2.56. The quantitative estimate of drug-likeness (QED) is 0.904. The van der Waals surface area contributed by atoms with Crippen LogP contribution in [0.4, 0.5) is 5.69 Å². The number of hydrogen-bond donors (Lipinski definition) is 1. The van der Waals surface area contributed by atoms with Gasteiger partial charge in [-0.15, -0.1) is 0 Å². The lowest BCUT2D eigenvalue weighted by Gasteiger charge is -2.31. The molecule has 1 fully saturated rings. The maximum atomic E-state index is 12.4. The molecule has 0 radical (unpaired) electrons. The maximum Gasteiger partial charge on any atom is 0.229 e. The summed E-state index contributed by atoms with van der Waals surface area (Å²) in [5, 5.41) is 2.90. The highest BCUT2D eigenvalue weighted by Gasteiger charge is 2.27. The van der Waals surface area contributed by atoms with Gasteiger partial charge in [-0.3, -0.25) is 9.59 Å². The van der Waals surface area contributed by atoms with Gasteiger partial charge in [0.05, 0.1) is 19.6 Å². The fourth-order valence-electron chi connectivity index (χ4n) is 2.74. The molecule has 2 rings (SSSR count). The summed E-state index contributed by atoms with van der Waals surface area (Å²) in [4.78, 5) is 25.6. The number of methoxy groups -OCH3 is 1. The first-order valence-electron chi connectivity index (χ1n) is 7.92. The number of carbonyl (C=O) groups excluding carboxylic acids is 2. The summed E-state index contributed by atoms with van der Waals surface area (Å²) in [6, 6.07) is 5.31. The van der Waals surface area contributed by atoms with Crippen LogP contribution in [-0.2, 0) is 9.59 Å². The summed E-state index contributed by atoms with van der Waals surface area (Å²) in [5.74, 6) is 1.00. The van der Waals surface area contributed by atoms with Gasteiger partial charge in [0.15, 0.2) is 11.5 Å². The van der Waals surface area contributed by atoms with E-state index in [0.717, 1.165) is 19.4 Å². The highest BCUT2D eigenvalue weighted by molar-refractivity contribution is 5.93. The number of nitrogens with zero attached hydrogens (tertiary/aromatic N) is 1. The Hall–Kier alpha value is -2.24. The summed E-state index contributed by atoms with van der Waals surface area (Å²) in [6.07, 6.45) is 1.65. The topological polar surface area (TPSA) is 67.9 Å². The van der Waals surface area contributed by atoms with Crippen molar-refractivity contribution in [3.05, 3.63) is 18.2 Å². The van der Waals surface area contributed by atoms with Gasteiger partial charge >= 0.3 is 0 Å². The number of amides is 2. The standard InChI is InChI=1S/C17H24N2O4/c1-4-23-15-8-7-14(10-16(15)22-3)18-17(21)13-6-5-9-19(11-13)12(2)20/h7-8,10,13H,4-6,9,11H2,1-3H3,(H,18,21)/t13-/m0/s1. The van der Waals surface area contributed by atoms with Gasteiger partial charge in [-0.25, -0.2) is 0 Å². The molecular formula is C17H24N2O4. The van der Waals surface area contributed by atoms with Crippen molar-refractivity contribution in [3.8, 4) is 11.5 Å². The van der Waals surface area contributed by atoms with Crippen LogP contribution in [0.15, 0.2) is 18.2 Å². The van der Waals surface area contributed by atoms with Crippen molar-refractivity contribution in [2.24, 2.45) is 5.92 Å². The van der Waals surface area contributed by atoms with Crippen LogP contribution in [0.2, 0.25) is 0 Å². The molecule has 1 saturated heterocycles. The van der Waals surface area contributed by atoms with E-state index in [2.05, 4.69) is 5.32 Å². The second kappa shape index (κ2) is 7.85. The van der Waals surface area contributed by atoms with Gasteiger partial charge in [0.1, 0.15) is 0 Å². The Morgan fingerprint density at radius 3 is 2.78 bits per heavy atom. The third-order valence-electron chi connectivity index (χ3n) is 3.97. The van der Waals surface area contributed by atoms with Crippen LogP contribution in [0.5, 0.6) is 11.5 Å². The van der Waals surface area contributed by atoms with Crippen molar-refractivity contribution in [2.45, 2.75) is 26.7 Å². The van der Waals surface area contributed by atoms with Gasteiger partial charge in [0, 0.05) is 31.8 Å². The fraction of sp³-hybridized carbons (Fsp3) is 0.529. The molecule has 1 heterocycles. The van der Waals surface area contributed by atoms with Gasteiger partial charge in [-0.2, -0.15) is 0 Å². The lowest BCUT2D eigenvalue weighted by atomic mass is 9.97. The first-order chi connectivity index (χ1) is 11.0. The van der Waals surface area contributed by atoms with E-state index in [-0.39, 0.29) is 17.7 Å². The van der Waals surface area contributed by atoms with E-state index >= 15 is 0 Å². The summed E-state index contributed by atoms with van der Waals surface area (Å²) in [7, 11) is 1.56. The maximum absolute atomic E-state index is 12.4. The predicted molar refractivity (Wildman–Crippen MR) is 87.8 cm³/mol. The van der Waals surface area contributed by atoms with Crippen LogP contribution in [0.25, 0.3) is 0 Å². The molecule has 0 unspecified atom stereocenters. The van der Waals surface area contributed by atoms with Crippen LogP contribution in [0.1, 0.15) is 26.7 Å². The molecule has 1 aromatic rings. The van der Waals surface area contributed by atoms with Crippen LogP contribution in [0, 0.1) is 5.92 Å². The highest BCUT2D eigenvalue weighted by atomic mass is 16.5. The molecule has 1 aliphatic rings. The molecule has 2 amide bonds. The number of nitrogens with one attached hydrogen (secondary N) is 1. The molecular weight excluding hydrogens is 296 g/mol. The highest BCUT2D eigenvalue weighted by Crippen LogP contribution is 2.30. The normalized spacial score (nSPS) is 17.5. The SMILES string of the molecule is CCOc1ccc(NC(=O)[C@H]2CCCN(C(C)=O)C2)cc1OC. The third kappa shape index (κ3) is 4.37. The third-order valence-corrected chi connectivity index (χ3v) is 3.97. The number of ether oxygens (including phenoxy) is 2. The summed E-state index contributed by atoms with van der Waals surface area (Å²) in [6.45, 7) is 5.20. The van der Waals surface area contributed by atoms with E-state index in [1.165, 1.54) is 6.92 Å². The smallest absolute Gasteiger partial charge is 0.229 e. The number of rotatable bonds is 5. The van der Waals surface area contributed by atoms with E-state index in [4.69, 9.17) is 9.47 Å². The molecule has 23 heavy (non-hydrogen) atoms. The molecule has 0 saturated carbocycles. The van der Waals surface area contributed by atoms with Crippen molar-refractivity contribution in [1.29, 1.82) is 0 Å². The number of carbonyl (C=O) groups is 2. The number of benzene rings is 1. The van der Waals surface area contributed by atoms with Crippen LogP contribution >= 0.6 is 0 Å². The van der Waals surface area contributed by atoms with E-state index < -0.39 is 0 Å². The van der Waals surface area contributed by atoms with Crippen molar-refractivity contribution < 1.29 is 19.1 Å². The second-order valence-corrected chi connectivity index (χ2v) is 5.59. The van der Waals surface area contributed by atoms with Crippen LogP contribution in [-0.4, -0.2) is 43.5 Å². The summed E-state index contributed by atoms with van der Waals surface area (Å²) >= 11 is 0. The first kappa shape index (κ1) is 17.1. The van der Waals surface area contributed by atoms with Gasteiger partial charge in [0.25, 0.3) is 0 Å². The molecule has 0 bridgehead atoms. The van der Waals surface area contributed by atoms with Crippen molar-refractivity contribution in [3.63, 3.8) is 0 Å². The number of likely N-dealkylation sites (tertiary alicyclic amines) is 1. The number of piperidine rings is 1. The largest absolute Gasteiger partial charge is 0.493 e. The molecule has 6 nitrogen and oxygen atoms in total.